The fraction of sp³-hybridized carbons (Fsp3) is 0.400. The highest BCUT2D eigenvalue weighted by Gasteiger charge is 2.19. The zero-order chi connectivity index (χ0) is 13.9. The summed E-state index contributed by atoms with van der Waals surface area (Å²) in [5.41, 5.74) is 5.36. The summed E-state index contributed by atoms with van der Waals surface area (Å²) in [7, 11) is -2.68. The lowest BCUT2D eigenvalue weighted by Gasteiger charge is -2.11. The molecule has 0 bridgehead atoms. The Balaban J connectivity index is 3.11. The number of rotatable bonds is 5. The van der Waals surface area contributed by atoms with E-state index in [4.69, 9.17) is 10.8 Å². The first-order chi connectivity index (χ1) is 8.27. The molecular weight excluding hydrogens is 263 g/mol. The highest BCUT2D eigenvalue weighted by molar-refractivity contribution is 7.89. The van der Waals surface area contributed by atoms with Gasteiger partial charge in [-0.15, -0.1) is 0 Å². The molecule has 18 heavy (non-hydrogen) atoms. The van der Waals surface area contributed by atoms with Crippen LogP contribution in [0, 0.1) is 5.82 Å². The van der Waals surface area contributed by atoms with Crippen molar-refractivity contribution < 1.29 is 22.7 Å². The van der Waals surface area contributed by atoms with Gasteiger partial charge in [-0.25, -0.2) is 17.5 Å². The number of hydrogen-bond donors (Lipinski definition) is 3. The van der Waals surface area contributed by atoms with Crippen molar-refractivity contribution in [2.75, 3.05) is 19.4 Å². The monoisotopic (exact) mass is 278 g/mol. The predicted molar refractivity (Wildman–Crippen MR) is 64.2 cm³/mol. The van der Waals surface area contributed by atoms with Crippen molar-refractivity contribution in [3.63, 3.8) is 0 Å². The first-order valence-corrected chi connectivity index (χ1v) is 6.57. The molecule has 0 heterocycles. The zero-order valence-corrected chi connectivity index (χ0v) is 10.8. The summed E-state index contributed by atoms with van der Waals surface area (Å²) in [4.78, 5) is -0.320. The molecule has 1 unspecified atom stereocenters. The SMILES string of the molecule is COc1c(N)cc(S(=O)(=O)NCC(C)O)cc1F. The van der Waals surface area contributed by atoms with Gasteiger partial charge in [-0.05, 0) is 19.1 Å². The molecule has 4 N–H and O–H groups in total. The smallest absolute Gasteiger partial charge is 0.240 e. The van der Waals surface area contributed by atoms with Crippen molar-refractivity contribution in [2.45, 2.75) is 17.9 Å². The van der Waals surface area contributed by atoms with Gasteiger partial charge < -0.3 is 15.6 Å². The summed E-state index contributed by atoms with van der Waals surface area (Å²) in [5.74, 6) is -1.07. The minimum Gasteiger partial charge on any atom is -0.492 e. The third kappa shape index (κ3) is 3.31. The van der Waals surface area contributed by atoms with Gasteiger partial charge in [0.1, 0.15) is 0 Å². The predicted octanol–water partition coefficient (Wildman–Crippen LogP) is 0.0756. The van der Waals surface area contributed by atoms with Crippen LogP contribution in [0.25, 0.3) is 0 Å². The van der Waals surface area contributed by atoms with E-state index in [1.807, 2.05) is 0 Å². The van der Waals surface area contributed by atoms with E-state index in [1.54, 1.807) is 0 Å². The summed E-state index contributed by atoms with van der Waals surface area (Å²) in [6.07, 6.45) is -0.847. The van der Waals surface area contributed by atoms with Crippen LogP contribution in [0.15, 0.2) is 17.0 Å². The third-order valence-corrected chi connectivity index (χ3v) is 3.53. The van der Waals surface area contributed by atoms with E-state index < -0.39 is 21.9 Å². The number of sulfonamides is 1. The van der Waals surface area contributed by atoms with Gasteiger partial charge in [-0.2, -0.15) is 0 Å². The topological polar surface area (TPSA) is 102 Å². The van der Waals surface area contributed by atoms with Crippen LogP contribution in [-0.4, -0.2) is 33.3 Å². The van der Waals surface area contributed by atoms with Crippen LogP contribution in [0.3, 0.4) is 0 Å². The molecule has 0 aliphatic carbocycles. The van der Waals surface area contributed by atoms with Gasteiger partial charge in [0, 0.05) is 6.54 Å². The summed E-state index contributed by atoms with van der Waals surface area (Å²) >= 11 is 0. The minimum atomic E-state index is -3.91. The molecule has 0 radical (unpaired) electrons. The number of methoxy groups -OCH3 is 1. The van der Waals surface area contributed by atoms with Gasteiger partial charge >= 0.3 is 0 Å². The van der Waals surface area contributed by atoms with E-state index in [2.05, 4.69) is 9.46 Å². The number of hydrogen-bond acceptors (Lipinski definition) is 5. The lowest BCUT2D eigenvalue weighted by molar-refractivity contribution is 0.198. The number of nitrogens with one attached hydrogen (secondary N) is 1. The van der Waals surface area contributed by atoms with Crippen molar-refractivity contribution >= 4 is 15.7 Å². The average Bonchev–Trinajstić information content (AvgIpc) is 2.26. The van der Waals surface area contributed by atoms with Crippen LogP contribution in [0.1, 0.15) is 6.92 Å². The molecule has 0 fully saturated rings. The maximum absolute atomic E-state index is 13.5. The van der Waals surface area contributed by atoms with Gasteiger partial charge in [-0.1, -0.05) is 0 Å². The minimum absolute atomic E-state index is 0.116. The normalized spacial score (nSPS) is 13.3. The van der Waals surface area contributed by atoms with E-state index in [-0.39, 0.29) is 22.9 Å². The van der Waals surface area contributed by atoms with Crippen molar-refractivity contribution in [3.05, 3.63) is 17.9 Å². The average molecular weight is 278 g/mol. The molecule has 1 aromatic carbocycles. The Morgan fingerprint density at radius 1 is 1.56 bits per heavy atom. The number of aliphatic hydroxyl groups excluding tert-OH is 1. The largest absolute Gasteiger partial charge is 0.492 e. The van der Waals surface area contributed by atoms with E-state index in [0.717, 1.165) is 12.1 Å². The molecule has 0 spiro atoms. The molecule has 102 valence electrons. The summed E-state index contributed by atoms with van der Waals surface area (Å²) < 4.78 is 43.8. The van der Waals surface area contributed by atoms with Gasteiger partial charge in [-0.3, -0.25) is 0 Å². The molecule has 1 aromatic rings. The lowest BCUT2D eigenvalue weighted by atomic mass is 10.3. The van der Waals surface area contributed by atoms with Gasteiger partial charge in [0.05, 0.1) is 23.8 Å². The number of benzene rings is 1. The Morgan fingerprint density at radius 2 is 2.17 bits per heavy atom. The fourth-order valence-electron chi connectivity index (χ4n) is 1.27. The molecule has 1 atom stereocenters. The number of anilines is 1. The second-order valence-electron chi connectivity index (χ2n) is 3.73. The molecule has 1 rings (SSSR count). The van der Waals surface area contributed by atoms with Crippen molar-refractivity contribution in [1.82, 2.24) is 4.72 Å². The van der Waals surface area contributed by atoms with Crippen molar-refractivity contribution in [1.29, 1.82) is 0 Å². The molecule has 0 aliphatic heterocycles. The van der Waals surface area contributed by atoms with Gasteiger partial charge in [0.15, 0.2) is 11.6 Å². The Morgan fingerprint density at radius 3 is 2.61 bits per heavy atom. The zero-order valence-electron chi connectivity index (χ0n) is 9.97. The maximum atomic E-state index is 13.5. The third-order valence-electron chi connectivity index (χ3n) is 2.13. The summed E-state index contributed by atoms with van der Waals surface area (Å²) in [6.45, 7) is 1.25. The molecule has 0 saturated heterocycles. The highest BCUT2D eigenvalue weighted by atomic mass is 32.2. The lowest BCUT2D eigenvalue weighted by Crippen LogP contribution is -2.30. The van der Waals surface area contributed by atoms with E-state index in [0.29, 0.717) is 0 Å². The molecular formula is C10H15FN2O4S. The molecule has 6 nitrogen and oxygen atoms in total. The Kier molecular flexibility index (Phi) is 4.49. The Labute approximate surface area is 105 Å². The van der Waals surface area contributed by atoms with Crippen LogP contribution in [0.5, 0.6) is 5.75 Å². The second kappa shape index (κ2) is 5.51. The van der Waals surface area contributed by atoms with E-state index in [1.165, 1.54) is 14.0 Å². The number of nitrogen functional groups attached to an aromatic ring is 1. The Hall–Kier alpha value is -1.38. The fourth-order valence-corrected chi connectivity index (χ4v) is 2.44. The molecule has 0 aromatic heterocycles. The second-order valence-corrected chi connectivity index (χ2v) is 5.50. The first-order valence-electron chi connectivity index (χ1n) is 5.08. The van der Waals surface area contributed by atoms with Gasteiger partial charge in [0.2, 0.25) is 10.0 Å². The number of ether oxygens (including phenoxy) is 1. The molecule has 0 amide bonds. The van der Waals surface area contributed by atoms with Crippen LogP contribution >= 0.6 is 0 Å². The number of halogens is 1. The van der Waals surface area contributed by atoms with Gasteiger partial charge in [0.25, 0.3) is 0 Å². The van der Waals surface area contributed by atoms with Crippen molar-refractivity contribution in [2.24, 2.45) is 0 Å². The van der Waals surface area contributed by atoms with Crippen LogP contribution < -0.4 is 15.2 Å². The van der Waals surface area contributed by atoms with E-state index in [9.17, 15) is 12.8 Å². The highest BCUT2D eigenvalue weighted by Crippen LogP contribution is 2.28. The maximum Gasteiger partial charge on any atom is 0.240 e. The number of aliphatic hydroxyl groups is 1. The summed E-state index contributed by atoms with van der Waals surface area (Å²) in [6, 6.07) is 1.89. The standard InChI is InChI=1S/C10H15FN2O4S/c1-6(14)5-13-18(15,16)7-3-8(11)10(17-2)9(12)4-7/h3-4,6,13-14H,5,12H2,1-2H3. The molecule has 8 heteroatoms. The first kappa shape index (κ1) is 14.7. The number of nitrogens with two attached hydrogens (primary N) is 1. The van der Waals surface area contributed by atoms with Crippen molar-refractivity contribution in [3.8, 4) is 5.75 Å². The Bertz CT molecular complexity index is 508. The molecule has 0 saturated carbocycles. The van der Waals surface area contributed by atoms with E-state index >= 15 is 0 Å². The van der Waals surface area contributed by atoms with Crippen LogP contribution in [0.2, 0.25) is 0 Å². The molecule has 0 aliphatic rings. The van der Waals surface area contributed by atoms with Crippen LogP contribution in [0.4, 0.5) is 10.1 Å². The quantitative estimate of drug-likeness (QED) is 0.662. The van der Waals surface area contributed by atoms with Crippen LogP contribution in [-0.2, 0) is 10.0 Å². The summed E-state index contributed by atoms with van der Waals surface area (Å²) in [5, 5.41) is 9.01.